The normalized spacial score (nSPS) is 29.1. The monoisotopic (exact) mass is 246 g/mol. The third-order valence-electron chi connectivity index (χ3n) is 4.54. The Morgan fingerprint density at radius 1 is 1.28 bits per heavy atom. The van der Waals surface area contributed by atoms with E-state index in [2.05, 4.69) is 16.0 Å². The summed E-state index contributed by atoms with van der Waals surface area (Å²) >= 11 is 0. The Morgan fingerprint density at radius 3 is 2.83 bits per heavy atom. The molecular formula is C15H22N2O. The third-order valence-corrected chi connectivity index (χ3v) is 4.54. The number of aromatic nitrogens is 1. The summed E-state index contributed by atoms with van der Waals surface area (Å²) < 4.78 is 0. The highest BCUT2D eigenvalue weighted by Gasteiger charge is 2.35. The van der Waals surface area contributed by atoms with Gasteiger partial charge in [-0.3, -0.25) is 0 Å². The van der Waals surface area contributed by atoms with Gasteiger partial charge in [0.15, 0.2) is 0 Å². The number of anilines is 1. The van der Waals surface area contributed by atoms with Gasteiger partial charge in [-0.1, -0.05) is 12.5 Å². The predicted molar refractivity (Wildman–Crippen MR) is 72.6 cm³/mol. The van der Waals surface area contributed by atoms with Crippen molar-refractivity contribution >= 4 is 5.82 Å². The van der Waals surface area contributed by atoms with Gasteiger partial charge >= 0.3 is 0 Å². The van der Waals surface area contributed by atoms with Gasteiger partial charge in [-0.15, -0.1) is 0 Å². The molecule has 0 aromatic carbocycles. The van der Waals surface area contributed by atoms with Crippen molar-refractivity contribution in [1.29, 1.82) is 0 Å². The van der Waals surface area contributed by atoms with Gasteiger partial charge < -0.3 is 10.0 Å². The number of rotatable bonds is 2. The molecule has 1 aliphatic carbocycles. The highest BCUT2D eigenvalue weighted by molar-refractivity contribution is 5.42. The van der Waals surface area contributed by atoms with Crippen molar-refractivity contribution < 1.29 is 5.11 Å². The van der Waals surface area contributed by atoms with Gasteiger partial charge in [-0.05, 0) is 50.2 Å². The average molecular weight is 246 g/mol. The molecule has 1 aliphatic heterocycles. The van der Waals surface area contributed by atoms with E-state index in [-0.39, 0.29) is 0 Å². The van der Waals surface area contributed by atoms with Crippen LogP contribution >= 0.6 is 0 Å². The van der Waals surface area contributed by atoms with Crippen LogP contribution in [0.25, 0.3) is 0 Å². The molecule has 18 heavy (non-hydrogen) atoms. The van der Waals surface area contributed by atoms with Crippen LogP contribution in [0.2, 0.25) is 0 Å². The molecule has 3 atom stereocenters. The number of hydrogen-bond donors (Lipinski definition) is 1. The second kappa shape index (κ2) is 4.88. The number of piperidine rings is 1. The summed E-state index contributed by atoms with van der Waals surface area (Å²) in [5.41, 5.74) is 0.902. The molecule has 0 radical (unpaired) electrons. The second-order valence-electron chi connectivity index (χ2n) is 5.72. The van der Waals surface area contributed by atoms with E-state index in [0.717, 1.165) is 23.8 Å². The highest BCUT2D eigenvalue weighted by atomic mass is 16.3. The smallest absolute Gasteiger partial charge is 0.128 e. The maximum atomic E-state index is 9.52. The molecule has 1 aromatic heterocycles. The average Bonchev–Trinajstić information content (AvgIpc) is 2.87. The van der Waals surface area contributed by atoms with Crippen molar-refractivity contribution in [2.45, 2.75) is 51.2 Å². The topological polar surface area (TPSA) is 36.4 Å². The predicted octanol–water partition coefficient (Wildman–Crippen LogP) is 2.90. The van der Waals surface area contributed by atoms with E-state index >= 15 is 0 Å². The molecule has 1 aromatic rings. The van der Waals surface area contributed by atoms with Crippen molar-refractivity contribution in [2.75, 3.05) is 11.4 Å². The summed E-state index contributed by atoms with van der Waals surface area (Å²) in [6, 6.07) is 4.79. The molecule has 3 unspecified atom stereocenters. The number of pyridine rings is 1. The van der Waals surface area contributed by atoms with Crippen LogP contribution in [-0.2, 0) is 0 Å². The van der Waals surface area contributed by atoms with Crippen LogP contribution < -0.4 is 4.90 Å². The van der Waals surface area contributed by atoms with Crippen LogP contribution in [0.1, 0.15) is 50.7 Å². The minimum Gasteiger partial charge on any atom is -0.389 e. The Kier molecular flexibility index (Phi) is 3.25. The molecule has 3 nitrogen and oxygen atoms in total. The maximum absolute atomic E-state index is 9.52. The van der Waals surface area contributed by atoms with Crippen LogP contribution in [0.15, 0.2) is 18.3 Å². The first-order valence-corrected chi connectivity index (χ1v) is 7.16. The molecule has 0 amide bonds. The summed E-state index contributed by atoms with van der Waals surface area (Å²) in [7, 11) is 0. The molecular weight excluding hydrogens is 224 g/mol. The molecule has 1 saturated heterocycles. The Morgan fingerprint density at radius 2 is 2.11 bits per heavy atom. The van der Waals surface area contributed by atoms with Gasteiger partial charge in [0, 0.05) is 18.8 Å². The maximum Gasteiger partial charge on any atom is 0.128 e. The molecule has 0 spiro atoms. The molecule has 2 fully saturated rings. The van der Waals surface area contributed by atoms with E-state index in [0.29, 0.717) is 6.04 Å². The molecule has 0 bridgehead atoms. The van der Waals surface area contributed by atoms with Crippen molar-refractivity contribution in [3.05, 3.63) is 23.9 Å². The molecule has 2 aliphatic rings. The summed E-state index contributed by atoms with van der Waals surface area (Å²) in [5.74, 6) is 1.98. The number of nitrogens with zero attached hydrogens (tertiary/aromatic N) is 2. The van der Waals surface area contributed by atoms with Gasteiger partial charge in [-0.2, -0.15) is 0 Å². The van der Waals surface area contributed by atoms with Crippen molar-refractivity contribution in [1.82, 2.24) is 4.98 Å². The van der Waals surface area contributed by atoms with Crippen molar-refractivity contribution in [2.24, 2.45) is 5.92 Å². The lowest BCUT2D eigenvalue weighted by Crippen LogP contribution is -2.43. The quantitative estimate of drug-likeness (QED) is 0.871. The minimum absolute atomic E-state index is 0.424. The summed E-state index contributed by atoms with van der Waals surface area (Å²) in [6.07, 6.45) is 8.17. The molecule has 1 saturated carbocycles. The number of fused-ring (bicyclic) bond motifs is 1. The lowest BCUT2D eigenvalue weighted by atomic mass is 9.92. The van der Waals surface area contributed by atoms with E-state index in [9.17, 15) is 5.11 Å². The SMILES string of the molecule is CC(O)c1ccc(N2CCCC3CCCC32)nc1. The molecule has 98 valence electrons. The van der Waals surface area contributed by atoms with E-state index < -0.39 is 6.10 Å². The highest BCUT2D eigenvalue weighted by Crippen LogP contribution is 2.38. The fourth-order valence-corrected chi connectivity index (χ4v) is 3.55. The van der Waals surface area contributed by atoms with Crippen LogP contribution in [-0.4, -0.2) is 22.7 Å². The first-order valence-electron chi connectivity index (χ1n) is 7.16. The van der Waals surface area contributed by atoms with Gasteiger partial charge in [0.2, 0.25) is 0 Å². The molecule has 3 rings (SSSR count). The molecule has 2 heterocycles. The minimum atomic E-state index is -0.424. The standard InChI is InChI=1S/C15H22N2O/c1-11(18)13-7-8-15(16-10-13)17-9-3-5-12-4-2-6-14(12)17/h7-8,10-12,14,18H,2-6,9H2,1H3. The summed E-state index contributed by atoms with van der Waals surface area (Å²) in [6.45, 7) is 2.92. The second-order valence-corrected chi connectivity index (χ2v) is 5.72. The molecule has 3 heteroatoms. The van der Waals surface area contributed by atoms with Gasteiger partial charge in [0.25, 0.3) is 0 Å². The largest absolute Gasteiger partial charge is 0.389 e. The summed E-state index contributed by atoms with van der Waals surface area (Å²) in [4.78, 5) is 7.04. The van der Waals surface area contributed by atoms with E-state index in [1.165, 1.54) is 32.1 Å². The first-order chi connectivity index (χ1) is 8.75. The Hall–Kier alpha value is -1.09. The van der Waals surface area contributed by atoms with Crippen LogP contribution in [0.4, 0.5) is 5.82 Å². The zero-order valence-corrected chi connectivity index (χ0v) is 11.0. The number of aliphatic hydroxyl groups excluding tert-OH is 1. The first kappa shape index (κ1) is 12.0. The lowest BCUT2D eigenvalue weighted by molar-refractivity contribution is 0.199. The summed E-state index contributed by atoms with van der Waals surface area (Å²) in [5, 5.41) is 9.52. The Balaban J connectivity index is 1.80. The van der Waals surface area contributed by atoms with Crippen molar-refractivity contribution in [3.8, 4) is 0 Å². The van der Waals surface area contributed by atoms with Gasteiger partial charge in [-0.25, -0.2) is 4.98 Å². The third kappa shape index (κ3) is 2.12. The zero-order valence-electron chi connectivity index (χ0n) is 11.0. The van der Waals surface area contributed by atoms with Crippen molar-refractivity contribution in [3.63, 3.8) is 0 Å². The molecule has 1 N–H and O–H groups in total. The van der Waals surface area contributed by atoms with Gasteiger partial charge in [0.1, 0.15) is 5.82 Å². The Bertz CT molecular complexity index is 401. The zero-order chi connectivity index (χ0) is 12.5. The Labute approximate surface area is 109 Å². The van der Waals surface area contributed by atoms with Crippen LogP contribution in [0.3, 0.4) is 0 Å². The number of hydrogen-bond acceptors (Lipinski definition) is 3. The fourth-order valence-electron chi connectivity index (χ4n) is 3.55. The van der Waals surface area contributed by atoms with E-state index in [1.807, 2.05) is 12.3 Å². The number of aliphatic hydroxyl groups is 1. The van der Waals surface area contributed by atoms with Gasteiger partial charge in [0.05, 0.1) is 6.10 Å². The van der Waals surface area contributed by atoms with E-state index in [1.54, 1.807) is 6.92 Å². The van der Waals surface area contributed by atoms with Crippen LogP contribution in [0, 0.1) is 5.92 Å². The fraction of sp³-hybridized carbons (Fsp3) is 0.667. The van der Waals surface area contributed by atoms with Crippen LogP contribution in [0.5, 0.6) is 0 Å². The lowest BCUT2D eigenvalue weighted by Gasteiger charge is -2.38. The van der Waals surface area contributed by atoms with E-state index in [4.69, 9.17) is 0 Å².